The second kappa shape index (κ2) is 19.1. The van der Waals surface area contributed by atoms with E-state index in [0.717, 1.165) is 6.42 Å². The van der Waals surface area contributed by atoms with Crippen LogP contribution < -0.4 is 5.32 Å². The molecule has 0 aliphatic carbocycles. The average molecular weight is 360 g/mol. The van der Waals surface area contributed by atoms with Crippen molar-refractivity contribution < 1.29 is 14.7 Å². The molecule has 0 spiro atoms. The summed E-state index contributed by atoms with van der Waals surface area (Å²) in [4.78, 5) is 21.9. The van der Waals surface area contributed by atoms with Crippen LogP contribution in [0.15, 0.2) is 60.8 Å². The molecule has 0 saturated carbocycles. The first-order chi connectivity index (χ1) is 12.7. The second-order valence-electron chi connectivity index (χ2n) is 5.92. The molecule has 0 rings (SSSR count). The van der Waals surface area contributed by atoms with Gasteiger partial charge in [0.25, 0.3) is 11.8 Å². The van der Waals surface area contributed by atoms with E-state index < -0.39 is 18.4 Å². The topological polar surface area (TPSA) is 66.4 Å². The number of allylic oxidation sites excluding steroid dienone is 9. The zero-order valence-electron chi connectivity index (χ0n) is 15.9. The third-order valence-corrected chi connectivity index (χ3v) is 3.54. The highest BCUT2D eigenvalue weighted by molar-refractivity contribution is 6.01. The molecular formula is C22H33NO3. The quantitative estimate of drug-likeness (QED) is 0.272. The van der Waals surface area contributed by atoms with Gasteiger partial charge in [-0.3, -0.25) is 14.9 Å². The molecule has 0 unspecified atom stereocenters. The minimum atomic E-state index is -0.714. The second-order valence-corrected chi connectivity index (χ2v) is 5.92. The van der Waals surface area contributed by atoms with Crippen LogP contribution in [0.2, 0.25) is 0 Å². The number of hydrogen-bond donors (Lipinski definition) is 2. The fraction of sp³-hybridized carbons (Fsp3) is 0.455. The molecule has 0 heterocycles. The van der Waals surface area contributed by atoms with E-state index in [2.05, 4.69) is 19.1 Å². The van der Waals surface area contributed by atoms with Crippen molar-refractivity contribution >= 4 is 11.8 Å². The van der Waals surface area contributed by atoms with Crippen molar-refractivity contribution in [2.45, 2.75) is 58.3 Å². The van der Waals surface area contributed by atoms with Crippen LogP contribution in [0.1, 0.15) is 58.3 Å². The van der Waals surface area contributed by atoms with Gasteiger partial charge in [0.2, 0.25) is 0 Å². The molecule has 26 heavy (non-hydrogen) atoms. The van der Waals surface area contributed by atoms with Crippen molar-refractivity contribution in [3.8, 4) is 0 Å². The van der Waals surface area contributed by atoms with E-state index >= 15 is 0 Å². The highest BCUT2D eigenvalue weighted by Crippen LogP contribution is 2.08. The number of rotatable bonds is 14. The summed E-state index contributed by atoms with van der Waals surface area (Å²) in [5.74, 6) is -1.27. The lowest BCUT2D eigenvalue weighted by molar-refractivity contribution is -0.129. The van der Waals surface area contributed by atoms with Crippen molar-refractivity contribution in [1.82, 2.24) is 5.32 Å². The number of hydrogen-bond acceptors (Lipinski definition) is 3. The van der Waals surface area contributed by atoms with Gasteiger partial charge in [0.05, 0.1) is 0 Å². The van der Waals surface area contributed by atoms with Crippen molar-refractivity contribution in [2.75, 3.05) is 6.61 Å². The lowest BCUT2D eigenvalue weighted by Crippen LogP contribution is -2.31. The van der Waals surface area contributed by atoms with Crippen LogP contribution in [0.4, 0.5) is 0 Å². The summed E-state index contributed by atoms with van der Waals surface area (Å²) in [6.45, 7) is 1.55. The van der Waals surface area contributed by atoms with Crippen LogP contribution in [-0.2, 0) is 9.59 Å². The van der Waals surface area contributed by atoms with Gasteiger partial charge in [-0.2, -0.15) is 0 Å². The summed E-state index contributed by atoms with van der Waals surface area (Å²) >= 11 is 0. The summed E-state index contributed by atoms with van der Waals surface area (Å²) in [6, 6.07) is 0. The predicted molar refractivity (Wildman–Crippen MR) is 109 cm³/mol. The smallest absolute Gasteiger partial charge is 0.252 e. The number of carbonyl (C=O) groups is 2. The maximum Gasteiger partial charge on any atom is 0.252 e. The Balaban J connectivity index is 3.68. The number of carbonyl (C=O) groups excluding carboxylic acids is 2. The molecule has 0 atom stereocenters. The summed E-state index contributed by atoms with van der Waals surface area (Å²) in [5, 5.41) is 10.5. The molecule has 0 saturated heterocycles. The Morgan fingerprint density at radius 3 is 1.92 bits per heavy atom. The first-order valence-corrected chi connectivity index (χ1v) is 9.48. The van der Waals surface area contributed by atoms with E-state index in [-0.39, 0.29) is 0 Å². The average Bonchev–Trinajstić information content (AvgIpc) is 2.64. The standard InChI is InChI=1S/C22H33NO3/c1-2-3-4-5-6-7-8-9-10-11-12-13-14-15-16-17-18-19-21(25)23-22(26)20-24/h10-19,24H,2-9,20H2,1H3,(H,23,25,26). The maximum atomic E-state index is 11.2. The molecule has 4 heteroatoms. The van der Waals surface area contributed by atoms with Crippen LogP contribution >= 0.6 is 0 Å². The number of unbranched alkanes of at least 4 members (excludes halogenated alkanes) is 7. The van der Waals surface area contributed by atoms with Gasteiger partial charge in [-0.05, 0) is 12.8 Å². The van der Waals surface area contributed by atoms with Crippen LogP contribution in [0, 0.1) is 0 Å². The molecule has 0 bridgehead atoms. The van der Waals surface area contributed by atoms with E-state index in [1.165, 1.54) is 57.1 Å². The number of aliphatic hydroxyl groups excluding tert-OH is 1. The van der Waals surface area contributed by atoms with Crippen molar-refractivity contribution in [2.24, 2.45) is 0 Å². The van der Waals surface area contributed by atoms with Crippen LogP contribution in [-0.4, -0.2) is 23.5 Å². The Hall–Kier alpha value is -2.20. The van der Waals surface area contributed by atoms with Crippen molar-refractivity contribution in [3.05, 3.63) is 60.8 Å². The molecule has 2 amide bonds. The highest BCUT2D eigenvalue weighted by Gasteiger charge is 2.00. The molecule has 0 aliphatic heterocycles. The number of nitrogens with one attached hydrogen (secondary N) is 1. The van der Waals surface area contributed by atoms with E-state index in [0.29, 0.717) is 0 Å². The summed E-state index contributed by atoms with van der Waals surface area (Å²) in [5.41, 5.74) is 0. The Kier molecular flexibility index (Phi) is 17.5. The Morgan fingerprint density at radius 2 is 1.31 bits per heavy atom. The van der Waals surface area contributed by atoms with Gasteiger partial charge in [-0.25, -0.2) is 0 Å². The SMILES string of the molecule is CCCCCCCCCC=CC=CC=CC=CC=CC(=O)NC(=O)CO. The van der Waals surface area contributed by atoms with E-state index in [9.17, 15) is 9.59 Å². The van der Waals surface area contributed by atoms with Crippen LogP contribution in [0.5, 0.6) is 0 Å². The number of imide groups is 1. The first-order valence-electron chi connectivity index (χ1n) is 9.48. The summed E-state index contributed by atoms with van der Waals surface area (Å²) in [7, 11) is 0. The van der Waals surface area contributed by atoms with Gasteiger partial charge >= 0.3 is 0 Å². The molecule has 2 N–H and O–H groups in total. The summed E-state index contributed by atoms with van der Waals surface area (Å²) < 4.78 is 0. The van der Waals surface area contributed by atoms with E-state index in [1.54, 1.807) is 12.2 Å². The lowest BCUT2D eigenvalue weighted by Gasteiger charge is -1.98. The molecule has 0 aromatic heterocycles. The van der Waals surface area contributed by atoms with Crippen molar-refractivity contribution in [1.29, 1.82) is 0 Å². The molecule has 0 aromatic rings. The van der Waals surface area contributed by atoms with Gasteiger partial charge in [0.15, 0.2) is 0 Å². The number of amides is 2. The monoisotopic (exact) mass is 359 g/mol. The van der Waals surface area contributed by atoms with Gasteiger partial charge in [-0.15, -0.1) is 0 Å². The lowest BCUT2D eigenvalue weighted by atomic mass is 10.1. The normalized spacial score (nSPS) is 12.4. The minimum absolute atomic E-state index is 0.552. The largest absolute Gasteiger partial charge is 0.387 e. The van der Waals surface area contributed by atoms with E-state index in [4.69, 9.17) is 5.11 Å². The van der Waals surface area contributed by atoms with Gasteiger partial charge in [0.1, 0.15) is 6.61 Å². The molecule has 0 radical (unpaired) electrons. The Morgan fingerprint density at radius 1 is 0.769 bits per heavy atom. The third-order valence-electron chi connectivity index (χ3n) is 3.54. The zero-order valence-corrected chi connectivity index (χ0v) is 15.9. The Bertz CT molecular complexity index is 513. The minimum Gasteiger partial charge on any atom is -0.387 e. The van der Waals surface area contributed by atoms with Crippen LogP contribution in [0.3, 0.4) is 0 Å². The predicted octanol–water partition coefficient (Wildman–Crippen LogP) is 4.54. The molecule has 0 fully saturated rings. The number of aliphatic hydroxyl groups is 1. The Labute approximate surface area is 158 Å². The highest BCUT2D eigenvalue weighted by atomic mass is 16.3. The maximum absolute atomic E-state index is 11.2. The van der Waals surface area contributed by atoms with Crippen LogP contribution in [0.25, 0.3) is 0 Å². The van der Waals surface area contributed by atoms with Crippen molar-refractivity contribution in [3.63, 3.8) is 0 Å². The van der Waals surface area contributed by atoms with Gasteiger partial charge in [0, 0.05) is 6.08 Å². The molecular weight excluding hydrogens is 326 g/mol. The fourth-order valence-electron chi connectivity index (χ4n) is 2.14. The van der Waals surface area contributed by atoms with Gasteiger partial charge in [-0.1, -0.05) is 100 Å². The first kappa shape index (κ1) is 23.8. The summed E-state index contributed by atoms with van der Waals surface area (Å²) in [6.07, 6.45) is 28.7. The molecule has 144 valence electrons. The van der Waals surface area contributed by atoms with E-state index in [1.807, 2.05) is 29.6 Å². The zero-order chi connectivity index (χ0) is 19.3. The fourth-order valence-corrected chi connectivity index (χ4v) is 2.14. The molecule has 0 aromatic carbocycles. The molecule has 0 aliphatic rings. The third kappa shape index (κ3) is 18.1. The molecule has 4 nitrogen and oxygen atoms in total. The van der Waals surface area contributed by atoms with Gasteiger partial charge < -0.3 is 5.11 Å².